The minimum atomic E-state index is 0.292. The van der Waals surface area contributed by atoms with Crippen LogP contribution in [0.2, 0.25) is 5.15 Å². The normalized spacial score (nSPS) is 25.2. The highest BCUT2D eigenvalue weighted by Crippen LogP contribution is 2.28. The fraction of sp³-hybridized carbons (Fsp3) is 0.727. The number of hydrogen-bond donors (Lipinski definition) is 1. The number of nitrogens with two attached hydrogens (primary N) is 1. The Morgan fingerprint density at radius 2 is 2.44 bits per heavy atom. The molecule has 1 saturated carbocycles. The van der Waals surface area contributed by atoms with Crippen molar-refractivity contribution in [2.24, 2.45) is 18.7 Å². The van der Waals surface area contributed by atoms with Crippen molar-refractivity contribution in [1.82, 2.24) is 9.55 Å². The lowest BCUT2D eigenvalue weighted by molar-refractivity contribution is 0.0138. The summed E-state index contributed by atoms with van der Waals surface area (Å²) < 4.78 is 7.71. The van der Waals surface area contributed by atoms with Crippen molar-refractivity contribution in [2.45, 2.75) is 32.0 Å². The molecule has 1 fully saturated rings. The molecule has 0 saturated heterocycles. The smallest absolute Gasteiger partial charge is 0.135 e. The number of hydrogen-bond acceptors (Lipinski definition) is 3. The molecule has 0 spiro atoms. The Morgan fingerprint density at radius 3 is 3.06 bits per heavy atom. The maximum Gasteiger partial charge on any atom is 0.135 e. The van der Waals surface area contributed by atoms with E-state index in [1.807, 2.05) is 11.6 Å². The number of imidazole rings is 1. The van der Waals surface area contributed by atoms with Crippen molar-refractivity contribution in [3.05, 3.63) is 17.2 Å². The third-order valence-corrected chi connectivity index (χ3v) is 3.70. The van der Waals surface area contributed by atoms with Crippen molar-refractivity contribution >= 4 is 11.6 Å². The third kappa shape index (κ3) is 2.39. The van der Waals surface area contributed by atoms with E-state index in [2.05, 4.69) is 4.98 Å². The monoisotopic (exact) mass is 243 g/mol. The Bertz CT molecular complexity index is 353. The van der Waals surface area contributed by atoms with Crippen LogP contribution in [0.3, 0.4) is 0 Å². The Balaban J connectivity index is 1.89. The van der Waals surface area contributed by atoms with Crippen LogP contribution in [-0.4, -0.2) is 22.2 Å². The average Bonchev–Trinajstić information content (AvgIpc) is 2.86. The average molecular weight is 244 g/mol. The molecule has 4 nitrogen and oxygen atoms in total. The van der Waals surface area contributed by atoms with Crippen molar-refractivity contribution < 1.29 is 4.74 Å². The van der Waals surface area contributed by atoms with Crippen molar-refractivity contribution in [3.8, 4) is 0 Å². The van der Waals surface area contributed by atoms with Gasteiger partial charge in [0.15, 0.2) is 0 Å². The molecule has 0 amide bonds. The molecule has 2 rings (SSSR count). The van der Waals surface area contributed by atoms with E-state index in [4.69, 9.17) is 22.1 Å². The van der Waals surface area contributed by atoms with E-state index in [1.165, 1.54) is 12.8 Å². The van der Waals surface area contributed by atoms with E-state index in [-0.39, 0.29) is 0 Å². The second-order valence-corrected chi connectivity index (χ2v) is 4.72. The molecular weight excluding hydrogens is 226 g/mol. The quantitative estimate of drug-likeness (QED) is 0.876. The largest absolute Gasteiger partial charge is 0.370 e. The first-order valence-corrected chi connectivity index (χ1v) is 6.08. The second kappa shape index (κ2) is 5.17. The number of aromatic nitrogens is 2. The summed E-state index contributed by atoms with van der Waals surface area (Å²) >= 11 is 5.91. The van der Waals surface area contributed by atoms with Crippen LogP contribution in [0.15, 0.2) is 6.20 Å². The van der Waals surface area contributed by atoms with Crippen LogP contribution in [0.4, 0.5) is 0 Å². The first-order valence-electron chi connectivity index (χ1n) is 5.70. The molecule has 2 atom stereocenters. The maximum atomic E-state index is 5.91. The van der Waals surface area contributed by atoms with E-state index in [0.29, 0.717) is 30.3 Å². The predicted molar refractivity (Wildman–Crippen MR) is 63.2 cm³/mol. The van der Waals surface area contributed by atoms with Crippen molar-refractivity contribution in [1.29, 1.82) is 0 Å². The molecule has 90 valence electrons. The fourth-order valence-corrected chi connectivity index (χ4v) is 2.38. The topological polar surface area (TPSA) is 53.1 Å². The fourth-order valence-electron chi connectivity index (χ4n) is 2.23. The highest BCUT2D eigenvalue weighted by atomic mass is 35.5. The van der Waals surface area contributed by atoms with Gasteiger partial charge in [-0.3, -0.25) is 0 Å². The van der Waals surface area contributed by atoms with Gasteiger partial charge in [0, 0.05) is 7.05 Å². The van der Waals surface area contributed by atoms with Gasteiger partial charge in [0.2, 0.25) is 0 Å². The second-order valence-electron chi connectivity index (χ2n) is 4.33. The van der Waals surface area contributed by atoms with Gasteiger partial charge < -0.3 is 15.0 Å². The third-order valence-electron chi connectivity index (χ3n) is 3.35. The van der Waals surface area contributed by atoms with Gasteiger partial charge in [0.25, 0.3) is 0 Å². The molecule has 2 N–H and O–H groups in total. The van der Waals surface area contributed by atoms with Crippen LogP contribution in [0.25, 0.3) is 0 Å². The molecule has 1 aromatic rings. The zero-order valence-corrected chi connectivity index (χ0v) is 10.3. The van der Waals surface area contributed by atoms with Crippen LogP contribution >= 0.6 is 11.6 Å². The molecule has 0 aromatic carbocycles. The Labute approximate surface area is 101 Å². The summed E-state index contributed by atoms with van der Waals surface area (Å²) in [7, 11) is 1.89. The Morgan fingerprint density at radius 1 is 1.62 bits per heavy atom. The summed E-state index contributed by atoms with van der Waals surface area (Å²) in [6.07, 6.45) is 5.45. The molecular formula is C11H18ClN3O. The molecule has 1 aliphatic rings. The van der Waals surface area contributed by atoms with Crippen LogP contribution in [0, 0.1) is 5.92 Å². The number of nitrogens with zero attached hydrogens (tertiary/aromatic N) is 2. The lowest BCUT2D eigenvalue weighted by Gasteiger charge is -2.18. The summed E-state index contributed by atoms with van der Waals surface area (Å²) in [6, 6.07) is 0. The van der Waals surface area contributed by atoms with Crippen LogP contribution < -0.4 is 5.73 Å². The molecule has 0 radical (unpaired) electrons. The lowest BCUT2D eigenvalue weighted by Crippen LogP contribution is -2.25. The Hall–Kier alpha value is -0.580. The Kier molecular flexibility index (Phi) is 3.84. The zero-order chi connectivity index (χ0) is 11.5. The maximum absolute atomic E-state index is 5.91. The minimum absolute atomic E-state index is 0.292. The predicted octanol–water partition coefficient (Wildman–Crippen LogP) is 1.72. The first kappa shape index (κ1) is 11.9. The minimum Gasteiger partial charge on any atom is -0.370 e. The molecule has 0 aliphatic heterocycles. The van der Waals surface area contributed by atoms with Gasteiger partial charge in [-0.25, -0.2) is 4.98 Å². The van der Waals surface area contributed by atoms with E-state index < -0.39 is 0 Å². The molecule has 1 heterocycles. The summed E-state index contributed by atoms with van der Waals surface area (Å²) in [4.78, 5) is 4.20. The van der Waals surface area contributed by atoms with Gasteiger partial charge >= 0.3 is 0 Å². The summed E-state index contributed by atoms with van der Waals surface area (Å²) in [5.74, 6) is 1.38. The van der Waals surface area contributed by atoms with Gasteiger partial charge in [-0.15, -0.1) is 0 Å². The van der Waals surface area contributed by atoms with Gasteiger partial charge in [0.05, 0.1) is 12.3 Å². The number of ether oxygens (including phenoxy) is 1. The zero-order valence-electron chi connectivity index (χ0n) is 9.53. The molecule has 0 bridgehead atoms. The highest BCUT2D eigenvalue weighted by Gasteiger charge is 2.27. The molecule has 5 heteroatoms. The van der Waals surface area contributed by atoms with E-state index in [1.54, 1.807) is 6.20 Å². The van der Waals surface area contributed by atoms with Crippen molar-refractivity contribution in [3.63, 3.8) is 0 Å². The van der Waals surface area contributed by atoms with Gasteiger partial charge in [-0.1, -0.05) is 18.0 Å². The van der Waals surface area contributed by atoms with Crippen LogP contribution in [-0.2, 0) is 18.4 Å². The lowest BCUT2D eigenvalue weighted by atomic mass is 10.1. The van der Waals surface area contributed by atoms with E-state index >= 15 is 0 Å². The van der Waals surface area contributed by atoms with Crippen molar-refractivity contribution in [2.75, 3.05) is 6.54 Å². The van der Waals surface area contributed by atoms with Gasteiger partial charge in [-0.05, 0) is 25.3 Å². The van der Waals surface area contributed by atoms with Gasteiger partial charge in [-0.2, -0.15) is 0 Å². The highest BCUT2D eigenvalue weighted by molar-refractivity contribution is 6.29. The molecule has 2 unspecified atom stereocenters. The number of rotatable bonds is 4. The van der Waals surface area contributed by atoms with Gasteiger partial charge in [0.1, 0.15) is 17.6 Å². The number of halogens is 1. The van der Waals surface area contributed by atoms with Crippen LogP contribution in [0.5, 0.6) is 0 Å². The summed E-state index contributed by atoms with van der Waals surface area (Å²) in [5, 5.41) is 0.639. The summed E-state index contributed by atoms with van der Waals surface area (Å²) in [6.45, 7) is 1.23. The van der Waals surface area contributed by atoms with Crippen LogP contribution in [0.1, 0.15) is 25.1 Å². The molecule has 16 heavy (non-hydrogen) atoms. The SMILES string of the molecule is Cn1c(Cl)cnc1COC1CCCC1CN. The molecule has 1 aliphatic carbocycles. The standard InChI is InChI=1S/C11H18ClN3O/c1-15-10(12)6-14-11(15)7-16-9-4-2-3-8(9)5-13/h6,8-9H,2-5,7,13H2,1H3. The van der Waals surface area contributed by atoms with E-state index in [0.717, 1.165) is 12.2 Å². The summed E-state index contributed by atoms with van der Waals surface area (Å²) in [5.41, 5.74) is 5.71. The first-order chi connectivity index (χ1) is 7.72. The molecule has 1 aromatic heterocycles. The van der Waals surface area contributed by atoms with E-state index in [9.17, 15) is 0 Å².